The molecule has 2 aliphatic rings. The lowest BCUT2D eigenvalue weighted by molar-refractivity contribution is -0.656. The third kappa shape index (κ3) is 3.40. The Balaban J connectivity index is 2.13. The lowest BCUT2D eigenvalue weighted by Crippen LogP contribution is -2.90. The molecule has 1 fully saturated rings. The number of hydrogen-bond acceptors (Lipinski definition) is 3. The molecule has 24 heavy (non-hydrogen) atoms. The predicted molar refractivity (Wildman–Crippen MR) is 92.7 cm³/mol. The van der Waals surface area contributed by atoms with Gasteiger partial charge in [0.05, 0.1) is 12.2 Å². The standard InChI is InChI=1S/C19H28N4O/c1-13(2)9-17-16-12-24-19(3,4)10-14(16)15(11-20)18(22-17)23-7-5-21-6-8-23/h13,21H,5-10,12H2,1-4H3/p+2. The molecule has 0 aliphatic carbocycles. The highest BCUT2D eigenvalue weighted by atomic mass is 16.5. The Morgan fingerprint density at radius 2 is 2.00 bits per heavy atom. The average Bonchev–Trinajstić information content (AvgIpc) is 2.53. The number of piperazine rings is 1. The first-order valence-corrected chi connectivity index (χ1v) is 9.12. The maximum atomic E-state index is 9.90. The van der Waals surface area contributed by atoms with E-state index < -0.39 is 0 Å². The van der Waals surface area contributed by atoms with Gasteiger partial charge in [-0.3, -0.25) is 0 Å². The molecule has 1 aromatic heterocycles. The summed E-state index contributed by atoms with van der Waals surface area (Å²) in [5.74, 6) is 1.59. The molecule has 3 heterocycles. The number of nitrogens with one attached hydrogen (secondary N) is 1. The van der Waals surface area contributed by atoms with Gasteiger partial charge in [0.2, 0.25) is 0 Å². The number of hydrogen-bond donors (Lipinski definition) is 1. The normalized spacial score (nSPS) is 19.9. The lowest BCUT2D eigenvalue weighted by atomic mass is 9.86. The molecule has 1 aromatic rings. The van der Waals surface area contributed by atoms with Crippen LogP contribution in [0.15, 0.2) is 0 Å². The molecule has 5 heteroatoms. The number of nitrogens with zero attached hydrogens (tertiary/aromatic N) is 2. The third-order valence-corrected chi connectivity index (χ3v) is 4.99. The monoisotopic (exact) mass is 330 g/mol. The highest BCUT2D eigenvalue weighted by molar-refractivity contribution is 5.58. The Bertz CT molecular complexity index is 654. The molecule has 0 bridgehead atoms. The van der Waals surface area contributed by atoms with Gasteiger partial charge in [0.25, 0.3) is 5.82 Å². The summed E-state index contributed by atoms with van der Waals surface area (Å²) in [6, 6.07) is 2.50. The van der Waals surface area contributed by atoms with Crippen molar-refractivity contribution in [3.8, 4) is 6.07 Å². The summed E-state index contributed by atoms with van der Waals surface area (Å²) in [5, 5.41) is 12.2. The largest absolute Gasteiger partial charge is 0.370 e. The summed E-state index contributed by atoms with van der Waals surface area (Å²) in [5.41, 5.74) is 4.29. The highest BCUT2D eigenvalue weighted by Crippen LogP contribution is 2.34. The minimum atomic E-state index is -0.206. The highest BCUT2D eigenvalue weighted by Gasteiger charge is 2.36. The number of nitrogens with two attached hydrogens (primary N) is 1. The van der Waals surface area contributed by atoms with E-state index in [2.05, 4.69) is 49.0 Å². The maximum absolute atomic E-state index is 9.90. The van der Waals surface area contributed by atoms with E-state index in [1.807, 2.05) is 0 Å². The van der Waals surface area contributed by atoms with Gasteiger partial charge in [-0.05, 0) is 25.3 Å². The quantitative estimate of drug-likeness (QED) is 0.892. The summed E-state index contributed by atoms with van der Waals surface area (Å²) in [6.07, 6.45) is 1.79. The van der Waals surface area contributed by atoms with Gasteiger partial charge in [0.1, 0.15) is 43.5 Å². The van der Waals surface area contributed by atoms with Crippen LogP contribution in [0.25, 0.3) is 0 Å². The van der Waals surface area contributed by atoms with Crippen LogP contribution in [0, 0.1) is 17.2 Å². The van der Waals surface area contributed by atoms with Gasteiger partial charge in [-0.25, -0.2) is 9.88 Å². The molecular formula is C19H30N4O+2. The van der Waals surface area contributed by atoms with Crippen molar-refractivity contribution in [2.75, 3.05) is 31.1 Å². The van der Waals surface area contributed by atoms with Crippen LogP contribution in [0.5, 0.6) is 0 Å². The Kier molecular flexibility index (Phi) is 4.80. The Morgan fingerprint density at radius 3 is 2.62 bits per heavy atom. The number of fused-ring (bicyclic) bond motifs is 1. The molecular weight excluding hydrogens is 300 g/mol. The van der Waals surface area contributed by atoms with E-state index in [0.717, 1.165) is 50.4 Å². The molecule has 0 unspecified atom stereocenters. The first kappa shape index (κ1) is 17.2. The lowest BCUT2D eigenvalue weighted by Gasteiger charge is -2.33. The van der Waals surface area contributed by atoms with Gasteiger partial charge in [0.15, 0.2) is 0 Å². The molecule has 0 amide bonds. The molecule has 0 aromatic carbocycles. The van der Waals surface area contributed by atoms with Gasteiger partial charge in [-0.15, -0.1) is 0 Å². The summed E-state index contributed by atoms with van der Waals surface area (Å²) >= 11 is 0. The van der Waals surface area contributed by atoms with Crippen LogP contribution in [-0.2, 0) is 24.2 Å². The maximum Gasteiger partial charge on any atom is 0.293 e. The minimum absolute atomic E-state index is 0.206. The molecule has 3 N–H and O–H groups in total. The smallest absolute Gasteiger partial charge is 0.293 e. The van der Waals surface area contributed by atoms with Gasteiger partial charge >= 0.3 is 0 Å². The SMILES string of the molecule is CC(C)Cc1[nH+]c(N2CC[NH2+]CC2)c(C#N)c2c1COC(C)(C)C2. The summed E-state index contributed by atoms with van der Waals surface area (Å²) < 4.78 is 6.05. The van der Waals surface area contributed by atoms with Crippen LogP contribution < -0.4 is 15.2 Å². The van der Waals surface area contributed by atoms with E-state index in [-0.39, 0.29) is 5.60 Å². The fourth-order valence-corrected chi connectivity index (χ4v) is 3.78. The number of quaternary nitrogens is 1. The van der Waals surface area contributed by atoms with E-state index in [4.69, 9.17) is 4.74 Å². The van der Waals surface area contributed by atoms with Crippen molar-refractivity contribution >= 4 is 5.82 Å². The first-order chi connectivity index (χ1) is 11.4. The molecule has 0 atom stereocenters. The van der Waals surface area contributed by atoms with Gasteiger partial charge in [-0.1, -0.05) is 13.8 Å². The first-order valence-electron chi connectivity index (χ1n) is 9.12. The van der Waals surface area contributed by atoms with Crippen LogP contribution in [0.3, 0.4) is 0 Å². The summed E-state index contributed by atoms with van der Waals surface area (Å²) in [6.45, 7) is 13.5. The average molecular weight is 330 g/mol. The predicted octanol–water partition coefficient (Wildman–Crippen LogP) is 0.806. The summed E-state index contributed by atoms with van der Waals surface area (Å²) in [7, 11) is 0. The molecule has 3 rings (SSSR count). The zero-order chi connectivity index (χ0) is 17.3. The third-order valence-electron chi connectivity index (χ3n) is 4.99. The van der Waals surface area contributed by atoms with Crippen molar-refractivity contribution < 1.29 is 15.0 Å². The van der Waals surface area contributed by atoms with Gasteiger partial charge in [0, 0.05) is 18.4 Å². The van der Waals surface area contributed by atoms with Crippen molar-refractivity contribution in [1.29, 1.82) is 5.26 Å². The number of ether oxygens (including phenoxy) is 1. The van der Waals surface area contributed by atoms with Crippen LogP contribution in [0.2, 0.25) is 0 Å². The number of H-pyrrole nitrogens is 1. The topological polar surface area (TPSA) is 67.0 Å². The number of anilines is 1. The van der Waals surface area contributed by atoms with Crippen molar-refractivity contribution in [3.05, 3.63) is 22.4 Å². The molecule has 5 nitrogen and oxygen atoms in total. The van der Waals surface area contributed by atoms with Crippen molar-refractivity contribution in [1.82, 2.24) is 0 Å². The summed E-state index contributed by atoms with van der Waals surface area (Å²) in [4.78, 5) is 5.98. The van der Waals surface area contributed by atoms with E-state index in [0.29, 0.717) is 12.5 Å². The van der Waals surface area contributed by atoms with Crippen molar-refractivity contribution in [2.24, 2.45) is 5.92 Å². The van der Waals surface area contributed by atoms with Crippen molar-refractivity contribution in [2.45, 2.75) is 52.7 Å². The van der Waals surface area contributed by atoms with Gasteiger partial charge < -0.3 is 10.1 Å². The van der Waals surface area contributed by atoms with Gasteiger partial charge in [-0.2, -0.15) is 5.26 Å². The van der Waals surface area contributed by atoms with Crippen LogP contribution in [-0.4, -0.2) is 31.8 Å². The number of rotatable bonds is 3. The second-order valence-corrected chi connectivity index (χ2v) is 8.07. The van der Waals surface area contributed by atoms with Crippen LogP contribution in [0.4, 0.5) is 5.82 Å². The number of aromatic amines is 1. The Hall–Kier alpha value is -1.64. The zero-order valence-electron chi connectivity index (χ0n) is 15.4. The molecule has 0 spiro atoms. The molecule has 0 radical (unpaired) electrons. The second-order valence-electron chi connectivity index (χ2n) is 8.07. The van der Waals surface area contributed by atoms with Crippen LogP contribution in [0.1, 0.15) is 50.1 Å². The van der Waals surface area contributed by atoms with E-state index in [1.165, 1.54) is 16.8 Å². The zero-order valence-corrected chi connectivity index (χ0v) is 15.4. The number of aromatic nitrogens is 1. The molecule has 2 aliphatic heterocycles. The minimum Gasteiger partial charge on any atom is -0.370 e. The fraction of sp³-hybridized carbons (Fsp3) is 0.684. The van der Waals surface area contributed by atoms with E-state index in [1.54, 1.807) is 0 Å². The molecule has 1 saturated heterocycles. The fourth-order valence-electron chi connectivity index (χ4n) is 3.78. The Morgan fingerprint density at radius 1 is 1.29 bits per heavy atom. The Labute approximate surface area is 145 Å². The van der Waals surface area contributed by atoms with E-state index >= 15 is 0 Å². The van der Waals surface area contributed by atoms with Crippen LogP contribution >= 0.6 is 0 Å². The molecule has 130 valence electrons. The second kappa shape index (κ2) is 6.70. The van der Waals surface area contributed by atoms with E-state index in [9.17, 15) is 5.26 Å². The number of pyridine rings is 1. The molecule has 0 saturated carbocycles. The van der Waals surface area contributed by atoms with Crippen molar-refractivity contribution in [3.63, 3.8) is 0 Å². The number of nitriles is 1.